The van der Waals surface area contributed by atoms with Crippen LogP contribution in [0.3, 0.4) is 0 Å². The molecule has 0 radical (unpaired) electrons. The van der Waals surface area contributed by atoms with Crippen LogP contribution in [0.25, 0.3) is 0 Å². The van der Waals surface area contributed by atoms with Crippen molar-refractivity contribution in [2.75, 3.05) is 13.2 Å². The maximum absolute atomic E-state index is 5.89. The lowest BCUT2D eigenvalue weighted by Crippen LogP contribution is -2.15. The Morgan fingerprint density at radius 2 is 2.30 bits per heavy atom. The first-order valence-corrected chi connectivity index (χ1v) is 7.66. The minimum Gasteiger partial charge on any atom is -0.491 e. The fourth-order valence-electron chi connectivity index (χ4n) is 1.91. The third-order valence-electron chi connectivity index (χ3n) is 2.93. The van der Waals surface area contributed by atoms with E-state index in [0.717, 1.165) is 36.3 Å². The van der Waals surface area contributed by atoms with Crippen molar-refractivity contribution in [2.45, 2.75) is 26.4 Å². The quantitative estimate of drug-likeness (QED) is 0.751. The Balaban J connectivity index is 1.91. The van der Waals surface area contributed by atoms with E-state index in [-0.39, 0.29) is 0 Å². The van der Waals surface area contributed by atoms with Crippen LogP contribution in [0.15, 0.2) is 41.4 Å². The van der Waals surface area contributed by atoms with Crippen molar-refractivity contribution in [3.63, 3.8) is 0 Å². The number of hydrogen-bond acceptors (Lipinski definition) is 3. The van der Waals surface area contributed by atoms with E-state index < -0.39 is 0 Å². The minimum absolute atomic E-state index is 0.638. The van der Waals surface area contributed by atoms with Gasteiger partial charge in [0.1, 0.15) is 12.4 Å². The van der Waals surface area contributed by atoms with Crippen LogP contribution in [-0.2, 0) is 13.1 Å². The fraction of sp³-hybridized carbons (Fsp3) is 0.400. The minimum atomic E-state index is 0.638. The fourth-order valence-corrected chi connectivity index (χ4v) is 2.32. The molecule has 0 saturated carbocycles. The van der Waals surface area contributed by atoms with Crippen LogP contribution >= 0.6 is 15.9 Å². The zero-order valence-corrected chi connectivity index (χ0v) is 13.3. The van der Waals surface area contributed by atoms with E-state index in [4.69, 9.17) is 4.74 Å². The van der Waals surface area contributed by atoms with Gasteiger partial charge in [-0.2, -0.15) is 0 Å². The Bertz CT molecular complexity index is 514. The predicted molar refractivity (Wildman–Crippen MR) is 83.9 cm³/mol. The zero-order chi connectivity index (χ0) is 14.2. The van der Waals surface area contributed by atoms with Crippen molar-refractivity contribution in [1.29, 1.82) is 0 Å². The van der Waals surface area contributed by atoms with Crippen molar-refractivity contribution in [3.8, 4) is 5.75 Å². The summed E-state index contributed by atoms with van der Waals surface area (Å²) in [5.41, 5.74) is 1.18. The van der Waals surface area contributed by atoms with Crippen molar-refractivity contribution in [1.82, 2.24) is 14.9 Å². The molecule has 0 spiro atoms. The van der Waals surface area contributed by atoms with Crippen molar-refractivity contribution < 1.29 is 4.74 Å². The molecule has 0 saturated heterocycles. The second-order valence-electron chi connectivity index (χ2n) is 4.58. The Hall–Kier alpha value is -1.33. The van der Waals surface area contributed by atoms with Gasteiger partial charge in [0.2, 0.25) is 0 Å². The summed E-state index contributed by atoms with van der Waals surface area (Å²) in [4.78, 5) is 4.02. The molecule has 108 valence electrons. The van der Waals surface area contributed by atoms with Gasteiger partial charge >= 0.3 is 0 Å². The SMILES string of the molecule is CCCNCc1cc(Br)ccc1OCCn1ccnc1. The Labute approximate surface area is 128 Å². The molecule has 0 aliphatic rings. The van der Waals surface area contributed by atoms with Gasteiger partial charge in [-0.1, -0.05) is 22.9 Å². The lowest BCUT2D eigenvalue weighted by molar-refractivity contribution is 0.294. The molecule has 0 aliphatic carbocycles. The van der Waals surface area contributed by atoms with Crippen LogP contribution in [0.1, 0.15) is 18.9 Å². The van der Waals surface area contributed by atoms with Gasteiger partial charge in [0.15, 0.2) is 0 Å². The smallest absolute Gasteiger partial charge is 0.123 e. The number of rotatable bonds is 8. The molecule has 0 fully saturated rings. The molecule has 1 N–H and O–H groups in total. The van der Waals surface area contributed by atoms with Gasteiger partial charge in [-0.3, -0.25) is 0 Å². The highest BCUT2D eigenvalue weighted by Gasteiger charge is 2.04. The lowest BCUT2D eigenvalue weighted by atomic mass is 10.2. The zero-order valence-electron chi connectivity index (χ0n) is 11.7. The summed E-state index contributed by atoms with van der Waals surface area (Å²) < 4.78 is 8.97. The third kappa shape index (κ3) is 4.65. The number of nitrogens with zero attached hydrogens (tertiary/aromatic N) is 2. The number of halogens is 1. The number of benzene rings is 1. The molecule has 2 rings (SSSR count). The molecule has 1 heterocycles. The second kappa shape index (κ2) is 8.07. The van der Waals surface area contributed by atoms with Crippen LogP contribution in [0.2, 0.25) is 0 Å². The van der Waals surface area contributed by atoms with Gasteiger partial charge < -0.3 is 14.6 Å². The Morgan fingerprint density at radius 3 is 3.05 bits per heavy atom. The van der Waals surface area contributed by atoms with Crippen molar-refractivity contribution >= 4 is 15.9 Å². The second-order valence-corrected chi connectivity index (χ2v) is 5.49. The molecular weight excluding hydrogens is 318 g/mol. The van der Waals surface area contributed by atoms with Crippen LogP contribution in [0, 0.1) is 0 Å². The molecule has 0 atom stereocenters. The maximum atomic E-state index is 5.89. The predicted octanol–water partition coefficient (Wildman–Crippen LogP) is 3.22. The summed E-state index contributed by atoms with van der Waals surface area (Å²) in [7, 11) is 0. The largest absolute Gasteiger partial charge is 0.491 e. The van der Waals surface area contributed by atoms with Crippen LogP contribution < -0.4 is 10.1 Å². The van der Waals surface area contributed by atoms with Crippen LogP contribution in [0.4, 0.5) is 0 Å². The summed E-state index contributed by atoms with van der Waals surface area (Å²) in [6, 6.07) is 6.13. The lowest BCUT2D eigenvalue weighted by Gasteiger charge is -2.13. The van der Waals surface area contributed by atoms with Gasteiger partial charge in [0, 0.05) is 29.0 Å². The molecular formula is C15H20BrN3O. The molecule has 0 amide bonds. The van der Waals surface area contributed by atoms with E-state index in [1.54, 1.807) is 12.5 Å². The highest BCUT2D eigenvalue weighted by Crippen LogP contribution is 2.23. The van der Waals surface area contributed by atoms with E-state index in [1.165, 1.54) is 5.56 Å². The number of ether oxygens (including phenoxy) is 1. The van der Waals surface area contributed by atoms with Crippen molar-refractivity contribution in [2.24, 2.45) is 0 Å². The maximum Gasteiger partial charge on any atom is 0.123 e. The molecule has 0 bridgehead atoms. The average Bonchev–Trinajstić information content (AvgIpc) is 2.95. The van der Waals surface area contributed by atoms with Crippen molar-refractivity contribution in [3.05, 3.63) is 47.0 Å². The Morgan fingerprint density at radius 1 is 1.40 bits per heavy atom. The summed E-state index contributed by atoms with van der Waals surface area (Å²) in [5.74, 6) is 0.942. The van der Waals surface area contributed by atoms with Gasteiger partial charge in [-0.25, -0.2) is 4.98 Å². The number of aromatic nitrogens is 2. The molecule has 0 unspecified atom stereocenters. The highest BCUT2D eigenvalue weighted by atomic mass is 79.9. The average molecular weight is 338 g/mol. The van der Waals surface area contributed by atoms with E-state index in [2.05, 4.69) is 39.2 Å². The monoisotopic (exact) mass is 337 g/mol. The number of hydrogen-bond donors (Lipinski definition) is 1. The highest BCUT2D eigenvalue weighted by molar-refractivity contribution is 9.10. The molecule has 1 aromatic heterocycles. The summed E-state index contributed by atoms with van der Waals surface area (Å²) in [6.07, 6.45) is 6.65. The van der Waals surface area contributed by atoms with E-state index in [0.29, 0.717) is 6.61 Å². The molecule has 4 nitrogen and oxygen atoms in total. The summed E-state index contributed by atoms with van der Waals surface area (Å²) in [5, 5.41) is 3.41. The molecule has 1 aromatic carbocycles. The topological polar surface area (TPSA) is 39.1 Å². The molecule has 20 heavy (non-hydrogen) atoms. The first-order valence-electron chi connectivity index (χ1n) is 6.87. The molecule has 2 aromatic rings. The van der Waals surface area contributed by atoms with Gasteiger partial charge in [0.25, 0.3) is 0 Å². The van der Waals surface area contributed by atoms with Gasteiger partial charge in [-0.05, 0) is 31.2 Å². The van der Waals surface area contributed by atoms with E-state index in [9.17, 15) is 0 Å². The van der Waals surface area contributed by atoms with E-state index >= 15 is 0 Å². The molecule has 5 heteroatoms. The summed E-state index contributed by atoms with van der Waals surface area (Å²) in [6.45, 7) is 5.45. The van der Waals surface area contributed by atoms with E-state index in [1.807, 2.05) is 22.9 Å². The summed E-state index contributed by atoms with van der Waals surface area (Å²) >= 11 is 3.51. The third-order valence-corrected chi connectivity index (χ3v) is 3.42. The first-order chi connectivity index (χ1) is 9.79. The van der Waals surface area contributed by atoms with Crippen LogP contribution in [-0.4, -0.2) is 22.7 Å². The molecule has 0 aliphatic heterocycles. The Kier molecular flexibility index (Phi) is 6.08. The first kappa shape index (κ1) is 15.1. The van der Waals surface area contributed by atoms with Gasteiger partial charge in [-0.15, -0.1) is 0 Å². The number of nitrogens with one attached hydrogen (secondary N) is 1. The standard InChI is InChI=1S/C15H20BrN3O/c1-2-5-17-11-13-10-14(16)3-4-15(13)20-9-8-19-7-6-18-12-19/h3-4,6-7,10,12,17H,2,5,8-9,11H2,1H3. The normalized spacial score (nSPS) is 10.7. The van der Waals surface area contributed by atoms with Crippen LogP contribution in [0.5, 0.6) is 5.75 Å². The van der Waals surface area contributed by atoms with Gasteiger partial charge in [0.05, 0.1) is 12.9 Å². The number of imidazole rings is 1.